The van der Waals surface area contributed by atoms with Gasteiger partial charge in [0.2, 0.25) is 0 Å². The first kappa shape index (κ1) is 17.2. The van der Waals surface area contributed by atoms with Gasteiger partial charge in [-0.1, -0.05) is 41.3 Å². The molecule has 2 aliphatic rings. The molecule has 2 aliphatic heterocycles. The number of allylic oxidation sites excluding steroid dienone is 1. The molecule has 1 aromatic carbocycles. The van der Waals surface area contributed by atoms with Crippen molar-refractivity contribution in [1.82, 2.24) is 0 Å². The van der Waals surface area contributed by atoms with Crippen LogP contribution in [0.15, 0.2) is 28.9 Å². The van der Waals surface area contributed by atoms with Gasteiger partial charge in [0, 0.05) is 5.25 Å². The summed E-state index contributed by atoms with van der Waals surface area (Å²) < 4.78 is 0. The van der Waals surface area contributed by atoms with Crippen LogP contribution in [0, 0.1) is 0 Å². The molecule has 124 valence electrons. The van der Waals surface area contributed by atoms with Crippen molar-refractivity contribution in [2.45, 2.75) is 42.8 Å². The quantitative estimate of drug-likeness (QED) is 0.610. The van der Waals surface area contributed by atoms with Crippen LogP contribution in [0.25, 0.3) is 5.57 Å². The summed E-state index contributed by atoms with van der Waals surface area (Å²) in [6.07, 6.45) is 2.12. The second-order valence-corrected chi connectivity index (χ2v) is 8.04. The molecule has 0 spiro atoms. The molecule has 2 heterocycles. The Morgan fingerprint density at radius 2 is 2.17 bits per heavy atom. The number of aliphatic hydroxyl groups is 1. The zero-order valence-electron chi connectivity index (χ0n) is 13.1. The second kappa shape index (κ2) is 7.06. The van der Waals surface area contributed by atoms with Crippen LogP contribution in [0.3, 0.4) is 0 Å². The molecule has 1 aromatic rings. The van der Waals surface area contributed by atoms with Crippen molar-refractivity contribution in [3.63, 3.8) is 0 Å². The number of aliphatic hydroxyl groups excluding tert-OH is 1. The topological polar surface area (TPSA) is 41.8 Å². The van der Waals surface area contributed by atoms with Crippen molar-refractivity contribution in [2.75, 3.05) is 7.11 Å². The van der Waals surface area contributed by atoms with E-state index < -0.39 is 0 Å². The second-order valence-electron chi connectivity index (χ2n) is 5.78. The highest BCUT2D eigenvalue weighted by atomic mass is 35.5. The number of rotatable bonds is 4. The van der Waals surface area contributed by atoms with Gasteiger partial charge in [0.05, 0.1) is 27.1 Å². The van der Waals surface area contributed by atoms with Crippen molar-refractivity contribution < 1.29 is 9.94 Å². The minimum absolute atomic E-state index is 0.0482. The van der Waals surface area contributed by atoms with Gasteiger partial charge in [-0.15, -0.1) is 11.8 Å². The van der Waals surface area contributed by atoms with Crippen LogP contribution >= 0.6 is 35.0 Å². The molecule has 0 aromatic heterocycles. The third kappa shape index (κ3) is 3.27. The van der Waals surface area contributed by atoms with E-state index in [0.29, 0.717) is 15.3 Å². The number of fused-ring (bicyclic) bond motifs is 2. The Morgan fingerprint density at radius 3 is 2.83 bits per heavy atom. The van der Waals surface area contributed by atoms with Gasteiger partial charge in [0.1, 0.15) is 7.11 Å². The number of benzene rings is 1. The van der Waals surface area contributed by atoms with Crippen LogP contribution in [-0.2, 0) is 4.84 Å². The molecule has 0 amide bonds. The highest BCUT2D eigenvalue weighted by molar-refractivity contribution is 8.01. The van der Waals surface area contributed by atoms with Gasteiger partial charge < -0.3 is 9.94 Å². The third-order valence-electron chi connectivity index (χ3n) is 4.35. The first-order chi connectivity index (χ1) is 11.0. The van der Waals surface area contributed by atoms with Crippen LogP contribution in [-0.4, -0.2) is 34.5 Å². The van der Waals surface area contributed by atoms with E-state index in [9.17, 15) is 5.11 Å². The Hall–Kier alpha value is -0.680. The number of hydrogen-bond acceptors (Lipinski definition) is 4. The number of nitrogens with zero attached hydrogens (tertiary/aromatic N) is 1. The van der Waals surface area contributed by atoms with Gasteiger partial charge in [-0.3, -0.25) is 0 Å². The molecule has 3 rings (SSSR count). The zero-order chi connectivity index (χ0) is 16.6. The number of hydrogen-bond donors (Lipinski definition) is 1. The molecule has 2 unspecified atom stereocenters. The minimum Gasteiger partial charge on any atom is -0.399 e. The fourth-order valence-electron chi connectivity index (χ4n) is 3.36. The average molecular weight is 372 g/mol. The van der Waals surface area contributed by atoms with Crippen LogP contribution in [0.2, 0.25) is 10.0 Å². The monoisotopic (exact) mass is 371 g/mol. The maximum absolute atomic E-state index is 10.4. The average Bonchev–Trinajstić information content (AvgIpc) is 2.83. The van der Waals surface area contributed by atoms with Gasteiger partial charge in [0.25, 0.3) is 0 Å². The summed E-state index contributed by atoms with van der Waals surface area (Å²) in [5, 5.41) is 16.2. The van der Waals surface area contributed by atoms with E-state index in [1.165, 1.54) is 5.57 Å². The van der Waals surface area contributed by atoms with Gasteiger partial charge in [0.15, 0.2) is 0 Å². The zero-order valence-corrected chi connectivity index (χ0v) is 15.4. The normalized spacial score (nSPS) is 27.5. The molecule has 1 fully saturated rings. The molecule has 2 bridgehead atoms. The molecular formula is C17H19Cl2NO2S. The van der Waals surface area contributed by atoms with Crippen molar-refractivity contribution in [2.24, 2.45) is 5.16 Å². The predicted octanol–water partition coefficient (Wildman–Crippen LogP) is 4.80. The van der Waals surface area contributed by atoms with E-state index in [2.05, 4.69) is 12.1 Å². The molecule has 23 heavy (non-hydrogen) atoms. The Kier molecular flexibility index (Phi) is 5.26. The summed E-state index contributed by atoms with van der Waals surface area (Å²) in [5.41, 5.74) is 4.24. The molecule has 0 aliphatic carbocycles. The summed E-state index contributed by atoms with van der Waals surface area (Å²) in [4.78, 5) is 5.03. The van der Waals surface area contributed by atoms with Crippen molar-refractivity contribution in [3.05, 3.63) is 39.4 Å². The Bertz CT molecular complexity index is 675. The fourth-order valence-corrected chi connectivity index (χ4v) is 5.35. The van der Waals surface area contributed by atoms with Crippen LogP contribution in [0.4, 0.5) is 0 Å². The smallest absolute Gasteiger partial charge is 0.106 e. The summed E-state index contributed by atoms with van der Waals surface area (Å²) >= 11 is 14.1. The molecule has 3 nitrogen and oxygen atoms in total. The van der Waals surface area contributed by atoms with Gasteiger partial charge in [-0.2, -0.15) is 0 Å². The summed E-state index contributed by atoms with van der Waals surface area (Å²) in [6, 6.07) is 5.72. The summed E-state index contributed by atoms with van der Waals surface area (Å²) in [6.45, 7) is 2.05. The third-order valence-corrected chi connectivity index (χ3v) is 6.68. The molecule has 6 heteroatoms. The lowest BCUT2D eigenvalue weighted by Crippen LogP contribution is -2.26. The predicted molar refractivity (Wildman–Crippen MR) is 98.5 cm³/mol. The molecule has 0 saturated carbocycles. The first-order valence-electron chi connectivity index (χ1n) is 7.67. The van der Waals surface area contributed by atoms with Crippen LogP contribution in [0.5, 0.6) is 0 Å². The lowest BCUT2D eigenvalue weighted by atomic mass is 9.91. The van der Waals surface area contributed by atoms with Crippen LogP contribution < -0.4 is 0 Å². The summed E-state index contributed by atoms with van der Waals surface area (Å²) in [7, 11) is 1.55. The lowest BCUT2D eigenvalue weighted by Gasteiger charge is -2.28. The first-order valence-corrected chi connectivity index (χ1v) is 9.37. The Balaban J connectivity index is 2.16. The van der Waals surface area contributed by atoms with Gasteiger partial charge in [-0.25, -0.2) is 0 Å². The molecule has 1 saturated heterocycles. The van der Waals surface area contributed by atoms with E-state index in [0.717, 1.165) is 36.1 Å². The Morgan fingerprint density at radius 1 is 1.39 bits per heavy atom. The van der Waals surface area contributed by atoms with Crippen molar-refractivity contribution in [3.8, 4) is 0 Å². The number of oxime groups is 1. The lowest BCUT2D eigenvalue weighted by molar-refractivity contribution is 0.181. The van der Waals surface area contributed by atoms with E-state index in [1.54, 1.807) is 7.11 Å². The van der Waals surface area contributed by atoms with Crippen LogP contribution in [0.1, 0.15) is 31.7 Å². The molecule has 3 atom stereocenters. The van der Waals surface area contributed by atoms with Gasteiger partial charge in [-0.05, 0) is 48.1 Å². The molecular weight excluding hydrogens is 353 g/mol. The van der Waals surface area contributed by atoms with Crippen molar-refractivity contribution >= 4 is 46.2 Å². The molecule has 1 N–H and O–H groups in total. The Labute approximate surface area is 150 Å². The maximum Gasteiger partial charge on any atom is 0.106 e. The standard InChI is InChI=1S/C17H19Cl2NO2S/c1-3-14(20-22-2)16-11(7-10-8-15(21)17(16)23-10)9-4-5-12(18)13(19)6-9/h4-6,10,15,17,21H,3,7-8H2,1-2H3/t10?,15?,17-/m0/s1. The van der Waals surface area contributed by atoms with E-state index in [1.807, 2.05) is 30.0 Å². The molecule has 0 radical (unpaired) electrons. The summed E-state index contributed by atoms with van der Waals surface area (Å²) in [5.74, 6) is 0. The van der Waals surface area contributed by atoms with E-state index in [4.69, 9.17) is 28.0 Å². The number of halogens is 2. The highest BCUT2D eigenvalue weighted by Crippen LogP contribution is 2.50. The SMILES string of the molecule is CCC(=NOC)C1=C(c2ccc(Cl)c(Cl)c2)CC2CC(O)[C@@H]1S2. The minimum atomic E-state index is -0.339. The largest absolute Gasteiger partial charge is 0.399 e. The highest BCUT2D eigenvalue weighted by Gasteiger charge is 2.43. The number of thioether (sulfide) groups is 1. The fraction of sp³-hybridized carbons (Fsp3) is 0.471. The maximum atomic E-state index is 10.4. The van der Waals surface area contributed by atoms with Gasteiger partial charge >= 0.3 is 0 Å². The van der Waals surface area contributed by atoms with E-state index >= 15 is 0 Å². The van der Waals surface area contributed by atoms with Crippen molar-refractivity contribution in [1.29, 1.82) is 0 Å². The van der Waals surface area contributed by atoms with E-state index in [-0.39, 0.29) is 11.4 Å².